The molecule has 0 saturated heterocycles. The Morgan fingerprint density at radius 3 is 2.55 bits per heavy atom. The van der Waals surface area contributed by atoms with Crippen molar-refractivity contribution in [2.45, 2.75) is 6.92 Å². The van der Waals surface area contributed by atoms with Crippen LogP contribution in [0.15, 0.2) is 43.1 Å². The summed E-state index contributed by atoms with van der Waals surface area (Å²) >= 11 is 0. The lowest BCUT2D eigenvalue weighted by Crippen LogP contribution is -2.14. The van der Waals surface area contributed by atoms with Crippen molar-refractivity contribution in [1.29, 1.82) is 10.8 Å². The zero-order valence-corrected chi connectivity index (χ0v) is 15.9. The van der Waals surface area contributed by atoms with E-state index in [-0.39, 0.29) is 0 Å². The molecule has 9 heteroatoms. The second-order valence-electron chi connectivity index (χ2n) is 6.41. The van der Waals surface area contributed by atoms with Crippen LogP contribution in [0.25, 0.3) is 11.0 Å². The molecular formula is C20H19N9. The number of aromatic nitrogens is 5. The molecule has 0 fully saturated rings. The SMILES string of the molecule is Cc1nccc(Nc2cncc(N(C)c3ccnc4[nH]ncc34)c2C=N)c1C=N. The van der Waals surface area contributed by atoms with E-state index in [0.717, 1.165) is 28.1 Å². The average molecular weight is 385 g/mol. The highest BCUT2D eigenvalue weighted by Gasteiger charge is 2.16. The minimum Gasteiger partial charge on any atom is -0.353 e. The van der Waals surface area contributed by atoms with Crippen molar-refractivity contribution in [3.05, 3.63) is 59.9 Å². The predicted octanol–water partition coefficient (Wildman–Crippen LogP) is 3.56. The molecule has 4 rings (SSSR count). The van der Waals surface area contributed by atoms with Crippen molar-refractivity contribution >= 4 is 46.2 Å². The van der Waals surface area contributed by atoms with Crippen molar-refractivity contribution in [2.24, 2.45) is 0 Å². The van der Waals surface area contributed by atoms with Crippen LogP contribution in [0.2, 0.25) is 0 Å². The Morgan fingerprint density at radius 2 is 1.76 bits per heavy atom. The Morgan fingerprint density at radius 1 is 0.966 bits per heavy atom. The molecule has 9 nitrogen and oxygen atoms in total. The van der Waals surface area contributed by atoms with Gasteiger partial charge in [-0.25, -0.2) is 4.98 Å². The number of rotatable bonds is 6. The third-order valence-corrected chi connectivity index (χ3v) is 4.77. The van der Waals surface area contributed by atoms with Crippen molar-refractivity contribution in [3.8, 4) is 0 Å². The van der Waals surface area contributed by atoms with E-state index in [1.165, 1.54) is 12.4 Å². The summed E-state index contributed by atoms with van der Waals surface area (Å²) in [6, 6.07) is 3.69. The molecule has 0 unspecified atom stereocenters. The van der Waals surface area contributed by atoms with E-state index in [2.05, 4.69) is 30.5 Å². The van der Waals surface area contributed by atoms with Gasteiger partial charge >= 0.3 is 0 Å². The minimum absolute atomic E-state index is 0.663. The number of aromatic amines is 1. The maximum absolute atomic E-state index is 8.01. The summed E-state index contributed by atoms with van der Waals surface area (Å²) in [5.74, 6) is 0. The first-order chi connectivity index (χ1) is 14.1. The maximum atomic E-state index is 8.01. The molecular weight excluding hydrogens is 366 g/mol. The summed E-state index contributed by atoms with van der Waals surface area (Å²) in [5.41, 5.74) is 5.84. The van der Waals surface area contributed by atoms with Crippen LogP contribution in [-0.2, 0) is 0 Å². The predicted molar refractivity (Wildman–Crippen MR) is 114 cm³/mol. The van der Waals surface area contributed by atoms with E-state index >= 15 is 0 Å². The van der Waals surface area contributed by atoms with Gasteiger partial charge in [-0.15, -0.1) is 0 Å². The zero-order valence-electron chi connectivity index (χ0n) is 15.9. The molecule has 0 aliphatic rings. The number of hydrogen-bond donors (Lipinski definition) is 4. The Labute approximate surface area is 166 Å². The molecule has 0 aliphatic carbocycles. The van der Waals surface area contributed by atoms with Crippen molar-refractivity contribution in [3.63, 3.8) is 0 Å². The van der Waals surface area contributed by atoms with E-state index in [4.69, 9.17) is 10.8 Å². The highest BCUT2D eigenvalue weighted by atomic mass is 15.2. The van der Waals surface area contributed by atoms with Gasteiger partial charge < -0.3 is 21.0 Å². The minimum atomic E-state index is 0.663. The van der Waals surface area contributed by atoms with Gasteiger partial charge in [0.1, 0.15) is 0 Å². The van der Waals surface area contributed by atoms with E-state index < -0.39 is 0 Å². The first-order valence-electron chi connectivity index (χ1n) is 8.87. The van der Waals surface area contributed by atoms with E-state index in [1.54, 1.807) is 37.1 Å². The third-order valence-electron chi connectivity index (χ3n) is 4.77. The number of hydrogen-bond acceptors (Lipinski definition) is 8. The molecule has 0 atom stereocenters. The standard InChI is InChI=1S/C20H19N9/c1-12-13(7-21)16(3-5-24-12)27-17-10-23-11-19(14(17)8-22)29(2)18-4-6-25-20-15(18)9-26-28-20/h3-11,21-22H,1-2H3,(H,24,27)(H,25,26,28). The Kier molecular flexibility index (Phi) is 4.70. The van der Waals surface area contributed by atoms with E-state index in [9.17, 15) is 0 Å². The summed E-state index contributed by atoms with van der Waals surface area (Å²) in [5, 5.41) is 26.8. The molecule has 29 heavy (non-hydrogen) atoms. The van der Waals surface area contributed by atoms with Gasteiger partial charge in [0, 0.05) is 48.7 Å². The number of pyridine rings is 3. The molecule has 0 aliphatic heterocycles. The number of nitrogens with one attached hydrogen (secondary N) is 4. The summed E-state index contributed by atoms with van der Waals surface area (Å²) < 4.78 is 0. The number of anilines is 4. The fourth-order valence-electron chi connectivity index (χ4n) is 3.25. The number of aryl methyl sites for hydroxylation is 1. The fraction of sp³-hybridized carbons (Fsp3) is 0.100. The van der Waals surface area contributed by atoms with Crippen LogP contribution in [-0.4, -0.2) is 44.6 Å². The highest BCUT2D eigenvalue weighted by molar-refractivity contribution is 5.99. The van der Waals surface area contributed by atoms with E-state index in [1.807, 2.05) is 24.9 Å². The second-order valence-corrected chi connectivity index (χ2v) is 6.41. The monoisotopic (exact) mass is 385 g/mol. The number of fused-ring (bicyclic) bond motifs is 1. The Bertz CT molecular complexity index is 1210. The first kappa shape index (κ1) is 18.2. The topological polar surface area (TPSA) is 130 Å². The zero-order chi connectivity index (χ0) is 20.4. The van der Waals surface area contributed by atoms with Gasteiger partial charge in [0.2, 0.25) is 0 Å². The van der Waals surface area contributed by atoms with Crippen molar-refractivity contribution < 1.29 is 0 Å². The molecule has 4 aromatic heterocycles. The number of nitrogens with zero attached hydrogens (tertiary/aromatic N) is 5. The molecule has 0 bridgehead atoms. The van der Waals surface area contributed by atoms with Crippen LogP contribution in [0.1, 0.15) is 16.8 Å². The lowest BCUT2D eigenvalue weighted by Gasteiger charge is -2.23. The first-order valence-corrected chi connectivity index (χ1v) is 8.87. The molecule has 4 heterocycles. The second kappa shape index (κ2) is 7.47. The van der Waals surface area contributed by atoms with Gasteiger partial charge in [-0.3, -0.25) is 15.1 Å². The van der Waals surface area contributed by atoms with Gasteiger partial charge in [-0.05, 0) is 19.1 Å². The summed E-state index contributed by atoms with van der Waals surface area (Å²) in [6.07, 6.45) is 11.1. The van der Waals surface area contributed by atoms with Crippen LogP contribution in [0.5, 0.6) is 0 Å². The maximum Gasteiger partial charge on any atom is 0.157 e. The molecule has 0 aromatic carbocycles. The van der Waals surface area contributed by atoms with Gasteiger partial charge in [0.05, 0.1) is 46.7 Å². The van der Waals surface area contributed by atoms with Gasteiger partial charge in [0.15, 0.2) is 5.65 Å². The molecule has 4 aromatic rings. The van der Waals surface area contributed by atoms with Crippen molar-refractivity contribution in [1.82, 2.24) is 25.1 Å². The van der Waals surface area contributed by atoms with Gasteiger partial charge in [-0.2, -0.15) is 5.10 Å². The van der Waals surface area contributed by atoms with E-state index in [0.29, 0.717) is 22.5 Å². The van der Waals surface area contributed by atoms with Gasteiger partial charge in [0.25, 0.3) is 0 Å². The summed E-state index contributed by atoms with van der Waals surface area (Å²) in [7, 11) is 1.91. The van der Waals surface area contributed by atoms with Crippen LogP contribution in [0.4, 0.5) is 22.7 Å². The van der Waals surface area contributed by atoms with Crippen LogP contribution >= 0.6 is 0 Å². The molecule has 0 spiro atoms. The Balaban J connectivity index is 1.79. The molecule has 0 radical (unpaired) electrons. The fourth-order valence-corrected chi connectivity index (χ4v) is 3.25. The largest absolute Gasteiger partial charge is 0.353 e. The van der Waals surface area contributed by atoms with Crippen LogP contribution in [0.3, 0.4) is 0 Å². The van der Waals surface area contributed by atoms with Gasteiger partial charge in [-0.1, -0.05) is 0 Å². The lowest BCUT2D eigenvalue weighted by molar-refractivity contribution is 1.10. The van der Waals surface area contributed by atoms with Crippen molar-refractivity contribution in [2.75, 3.05) is 17.3 Å². The lowest BCUT2D eigenvalue weighted by atomic mass is 10.1. The molecule has 0 saturated carbocycles. The quantitative estimate of drug-likeness (QED) is 0.375. The van der Waals surface area contributed by atoms with Crippen LogP contribution in [0, 0.1) is 17.7 Å². The molecule has 4 N–H and O–H groups in total. The highest BCUT2D eigenvalue weighted by Crippen LogP contribution is 2.34. The molecule has 0 amide bonds. The summed E-state index contributed by atoms with van der Waals surface area (Å²) in [6.45, 7) is 1.85. The van der Waals surface area contributed by atoms with Crippen LogP contribution < -0.4 is 10.2 Å². The normalized spacial score (nSPS) is 10.7. The third kappa shape index (κ3) is 3.18. The molecule has 144 valence electrons. The number of H-pyrrole nitrogens is 1. The summed E-state index contributed by atoms with van der Waals surface area (Å²) in [4.78, 5) is 14.8. The Hall–Kier alpha value is -4.14. The smallest absolute Gasteiger partial charge is 0.157 e. The average Bonchev–Trinajstić information content (AvgIpc) is 3.22.